The van der Waals surface area contributed by atoms with Crippen molar-refractivity contribution in [2.75, 3.05) is 40.3 Å². The summed E-state index contributed by atoms with van der Waals surface area (Å²) < 4.78 is 12.3. The minimum Gasteiger partial charge on any atom is -0.462 e. The van der Waals surface area contributed by atoms with Crippen LogP contribution in [0.3, 0.4) is 0 Å². The van der Waals surface area contributed by atoms with Gasteiger partial charge < -0.3 is 19.3 Å². The van der Waals surface area contributed by atoms with E-state index in [0.29, 0.717) is 25.9 Å². The molecule has 0 rings (SSSR count). The van der Waals surface area contributed by atoms with E-state index in [9.17, 15) is 9.59 Å². The minimum atomic E-state index is -0.0812. The lowest BCUT2D eigenvalue weighted by molar-refractivity contribution is -0.150. The average Bonchev–Trinajstić information content (AvgIpc) is 3.09. The lowest BCUT2D eigenvalue weighted by Crippen LogP contribution is -2.36. The summed E-state index contributed by atoms with van der Waals surface area (Å²) in [5.41, 5.74) is 0. The van der Waals surface area contributed by atoms with Crippen LogP contribution in [0, 0.1) is 0 Å². The van der Waals surface area contributed by atoms with Gasteiger partial charge in [-0.15, -0.1) is 0 Å². The second-order valence-corrected chi connectivity index (χ2v) is 15.6. The summed E-state index contributed by atoms with van der Waals surface area (Å²) >= 11 is 0. The molecule has 0 fully saturated rings. The fourth-order valence-corrected chi connectivity index (χ4v) is 6.80. The lowest BCUT2D eigenvalue weighted by atomic mass is 10.0. The summed E-state index contributed by atoms with van der Waals surface area (Å²) in [6.45, 7) is 12.0. The first-order valence-electron chi connectivity index (χ1n) is 22.1. The molecule has 0 N–H and O–H groups in total. The van der Waals surface area contributed by atoms with Crippen molar-refractivity contribution in [1.82, 2.24) is 9.80 Å². The highest BCUT2D eigenvalue weighted by molar-refractivity contribution is 5.70. The highest BCUT2D eigenvalue weighted by Gasteiger charge is 2.19. The van der Waals surface area contributed by atoms with Crippen molar-refractivity contribution in [2.24, 2.45) is 0 Å². The molecule has 0 aromatic rings. The topological polar surface area (TPSA) is 59.1 Å². The van der Waals surface area contributed by atoms with Crippen molar-refractivity contribution < 1.29 is 19.1 Å². The first-order chi connectivity index (χ1) is 24.4. The summed E-state index contributed by atoms with van der Waals surface area (Å²) in [7, 11) is 4.15. The SMILES string of the molecule is CCCCCCCCC(CCCCCCCC)OC(=O)CCN(CCC(=O)OC(CCCCCCCC)CCCCCCCC)CCN(C)C. The Morgan fingerprint density at radius 1 is 0.400 bits per heavy atom. The van der Waals surface area contributed by atoms with Crippen molar-refractivity contribution in [3.8, 4) is 0 Å². The van der Waals surface area contributed by atoms with Gasteiger partial charge in [0.25, 0.3) is 0 Å². The fourth-order valence-electron chi connectivity index (χ4n) is 6.80. The largest absolute Gasteiger partial charge is 0.462 e. The van der Waals surface area contributed by atoms with Crippen LogP contribution in [0.4, 0.5) is 0 Å². The summed E-state index contributed by atoms with van der Waals surface area (Å²) in [6.07, 6.45) is 35.0. The maximum Gasteiger partial charge on any atom is 0.307 e. The van der Waals surface area contributed by atoms with Crippen molar-refractivity contribution >= 4 is 11.9 Å². The zero-order valence-electron chi connectivity index (χ0n) is 34.7. The zero-order chi connectivity index (χ0) is 36.9. The molecule has 0 aliphatic carbocycles. The van der Waals surface area contributed by atoms with Crippen LogP contribution in [0.2, 0.25) is 0 Å². The predicted molar refractivity (Wildman–Crippen MR) is 216 cm³/mol. The van der Waals surface area contributed by atoms with Gasteiger partial charge in [-0.2, -0.15) is 0 Å². The normalized spacial score (nSPS) is 11.8. The van der Waals surface area contributed by atoms with E-state index in [1.165, 1.54) is 128 Å². The second-order valence-electron chi connectivity index (χ2n) is 15.6. The number of carbonyl (C=O) groups excluding carboxylic acids is 2. The molecule has 0 heterocycles. The third-order valence-electron chi connectivity index (χ3n) is 10.2. The monoisotopic (exact) mass is 709 g/mol. The van der Waals surface area contributed by atoms with Gasteiger partial charge in [0.05, 0.1) is 12.8 Å². The van der Waals surface area contributed by atoms with Gasteiger partial charge in [0.15, 0.2) is 0 Å². The van der Waals surface area contributed by atoms with Gasteiger partial charge >= 0.3 is 11.9 Å². The zero-order valence-corrected chi connectivity index (χ0v) is 34.7. The van der Waals surface area contributed by atoms with E-state index in [0.717, 1.165) is 64.5 Å². The minimum absolute atomic E-state index is 0.0419. The van der Waals surface area contributed by atoms with Crippen molar-refractivity contribution in [2.45, 2.75) is 233 Å². The number of carbonyl (C=O) groups is 2. The van der Waals surface area contributed by atoms with Crippen LogP contribution in [-0.2, 0) is 19.1 Å². The molecule has 0 aliphatic rings. The maximum absolute atomic E-state index is 13.1. The van der Waals surface area contributed by atoms with Gasteiger partial charge in [-0.3, -0.25) is 9.59 Å². The lowest BCUT2D eigenvalue weighted by Gasteiger charge is -2.25. The van der Waals surface area contributed by atoms with E-state index in [1.807, 2.05) is 0 Å². The van der Waals surface area contributed by atoms with E-state index in [1.54, 1.807) is 0 Å². The smallest absolute Gasteiger partial charge is 0.307 e. The molecule has 0 radical (unpaired) electrons. The molecule has 0 bridgehead atoms. The molecule has 50 heavy (non-hydrogen) atoms. The van der Waals surface area contributed by atoms with Crippen LogP contribution >= 0.6 is 0 Å². The Morgan fingerprint density at radius 3 is 0.960 bits per heavy atom. The van der Waals surface area contributed by atoms with Crippen LogP contribution in [0.1, 0.15) is 220 Å². The van der Waals surface area contributed by atoms with Crippen molar-refractivity contribution in [1.29, 1.82) is 0 Å². The molecule has 298 valence electrons. The molecule has 6 heteroatoms. The second kappa shape index (κ2) is 37.6. The number of ether oxygens (including phenoxy) is 2. The molecule has 0 aliphatic heterocycles. The van der Waals surface area contributed by atoms with Gasteiger partial charge in [-0.1, -0.05) is 156 Å². The number of esters is 2. The third kappa shape index (κ3) is 34.0. The van der Waals surface area contributed by atoms with Crippen LogP contribution in [0.5, 0.6) is 0 Å². The number of unbranched alkanes of at least 4 members (excludes halogenated alkanes) is 20. The molecule has 0 aromatic carbocycles. The third-order valence-corrected chi connectivity index (χ3v) is 10.2. The summed E-state index contributed by atoms with van der Waals surface area (Å²) in [5, 5.41) is 0. The van der Waals surface area contributed by atoms with Gasteiger partial charge in [0.2, 0.25) is 0 Å². The Hall–Kier alpha value is -1.14. The van der Waals surface area contributed by atoms with E-state index in [2.05, 4.69) is 51.6 Å². The Balaban J connectivity index is 4.97. The Labute approximate surface area is 313 Å². The number of rotatable bonds is 39. The van der Waals surface area contributed by atoms with Crippen LogP contribution in [0.15, 0.2) is 0 Å². The van der Waals surface area contributed by atoms with E-state index >= 15 is 0 Å². The molecule has 0 saturated carbocycles. The Kier molecular flexibility index (Phi) is 36.8. The number of hydrogen-bond donors (Lipinski definition) is 0. The molecular formula is C44H88N2O4. The standard InChI is InChI=1S/C44H88N2O4/c1-7-11-15-19-23-27-31-41(32-28-24-20-16-12-8-2)49-43(47)35-37-46(40-39-45(5)6)38-36-44(48)50-42(33-29-25-21-17-13-9-3)34-30-26-22-18-14-10-4/h41-42H,7-40H2,1-6H3. The highest BCUT2D eigenvalue weighted by Crippen LogP contribution is 2.19. The molecule has 6 nitrogen and oxygen atoms in total. The van der Waals surface area contributed by atoms with Gasteiger partial charge in [0, 0.05) is 26.2 Å². The quantitative estimate of drug-likeness (QED) is 0.0468. The molecule has 0 unspecified atom stereocenters. The van der Waals surface area contributed by atoms with Crippen molar-refractivity contribution in [3.63, 3.8) is 0 Å². The van der Waals surface area contributed by atoms with E-state index in [4.69, 9.17) is 9.47 Å². The van der Waals surface area contributed by atoms with Crippen molar-refractivity contribution in [3.05, 3.63) is 0 Å². The number of nitrogens with zero attached hydrogens (tertiary/aromatic N) is 2. The molecule has 0 spiro atoms. The van der Waals surface area contributed by atoms with Gasteiger partial charge in [-0.05, 0) is 65.5 Å². The van der Waals surface area contributed by atoms with Crippen LogP contribution < -0.4 is 0 Å². The van der Waals surface area contributed by atoms with E-state index in [-0.39, 0.29) is 24.1 Å². The predicted octanol–water partition coefficient (Wildman–Crippen LogP) is 12.5. The fraction of sp³-hybridized carbons (Fsp3) is 0.955. The summed E-state index contributed by atoms with van der Waals surface area (Å²) in [6, 6.07) is 0. The van der Waals surface area contributed by atoms with Crippen LogP contribution in [0.25, 0.3) is 0 Å². The summed E-state index contributed by atoms with van der Waals surface area (Å²) in [4.78, 5) is 30.7. The van der Waals surface area contributed by atoms with Gasteiger partial charge in [-0.25, -0.2) is 0 Å². The number of hydrogen-bond acceptors (Lipinski definition) is 6. The van der Waals surface area contributed by atoms with E-state index < -0.39 is 0 Å². The highest BCUT2D eigenvalue weighted by atomic mass is 16.5. The number of likely N-dealkylation sites (N-methyl/N-ethyl adjacent to an activating group) is 1. The molecule has 0 aromatic heterocycles. The molecule has 0 saturated heterocycles. The van der Waals surface area contributed by atoms with Crippen LogP contribution in [-0.4, -0.2) is 74.2 Å². The molecule has 0 atom stereocenters. The average molecular weight is 709 g/mol. The first-order valence-corrected chi connectivity index (χ1v) is 22.1. The first kappa shape index (κ1) is 48.9. The Bertz CT molecular complexity index is 645. The Morgan fingerprint density at radius 2 is 0.680 bits per heavy atom. The summed E-state index contributed by atoms with van der Waals surface area (Å²) in [5.74, 6) is -0.162. The van der Waals surface area contributed by atoms with Gasteiger partial charge in [0.1, 0.15) is 12.2 Å². The molecule has 0 amide bonds. The molecular weight excluding hydrogens is 620 g/mol. The maximum atomic E-state index is 13.1.